The monoisotopic (exact) mass is 1740 g/mol. The first kappa shape index (κ1) is 102. The molecule has 678 valence electrons. The molecule has 0 unspecified atom stereocenters. The summed E-state index contributed by atoms with van der Waals surface area (Å²) in [6.45, 7) is 10.5. The molecule has 0 saturated carbocycles. The van der Waals surface area contributed by atoms with Crippen LogP contribution in [0.3, 0.4) is 0 Å². The van der Waals surface area contributed by atoms with Crippen LogP contribution in [0.4, 0.5) is 0 Å². The Kier molecular flexibility index (Phi) is 41.3. The number of nitrogens with zero attached hydrogens (tertiary/aromatic N) is 1. The largest absolute Gasteiger partial charge is 0.481 e. The molecule has 16 atom stereocenters. The molecule has 0 aliphatic rings. The van der Waals surface area contributed by atoms with Crippen molar-refractivity contribution in [2.75, 3.05) is 26.3 Å². The van der Waals surface area contributed by atoms with E-state index in [1.54, 1.807) is 133 Å². The zero-order chi connectivity index (χ0) is 92.2. The van der Waals surface area contributed by atoms with E-state index >= 15 is 0 Å². The lowest BCUT2D eigenvalue weighted by Gasteiger charge is -2.30. The topological polar surface area (TPSA) is 695 Å². The van der Waals surface area contributed by atoms with Gasteiger partial charge >= 0.3 is 11.9 Å². The van der Waals surface area contributed by atoms with Gasteiger partial charge in [0.25, 0.3) is 0 Å². The smallest absolute Gasteiger partial charge is 0.326 e. The number of aliphatic carboxylic acids is 2. The van der Waals surface area contributed by atoms with Crippen molar-refractivity contribution in [3.05, 3.63) is 126 Å². The van der Waals surface area contributed by atoms with E-state index in [4.69, 9.17) is 16.9 Å². The van der Waals surface area contributed by atoms with Gasteiger partial charge in [0.05, 0.1) is 44.7 Å². The molecule has 0 aliphatic carbocycles. The van der Waals surface area contributed by atoms with Crippen molar-refractivity contribution in [1.82, 2.24) is 94.7 Å². The Hall–Kier alpha value is -13.0. The maximum absolute atomic E-state index is 14.9. The van der Waals surface area contributed by atoms with E-state index in [2.05, 4.69) is 94.7 Å². The predicted octanol–water partition coefficient (Wildman–Crippen LogP) is -5.76. The molecule has 0 radical (unpaired) electrons. The summed E-state index contributed by atoms with van der Waals surface area (Å²) >= 11 is 0. The Labute approximate surface area is 714 Å². The van der Waals surface area contributed by atoms with Crippen LogP contribution >= 0.6 is 0 Å². The maximum Gasteiger partial charge on any atom is 0.326 e. The van der Waals surface area contributed by atoms with Crippen LogP contribution in [0.15, 0.2) is 104 Å². The SMILES string of the molecule is CC(C)C[C@H](NC(=O)[C@H](Cc1c[nH]c2ccccc12)NC(=O)[C@@H](NC(=O)[C@H](CC(=O)O)NC(=O)CN)C(C)C)C(=O)N[C@@H](Cc1ccccc1)C(=O)N[C@@H](CC(C)C)C(=O)N[C@H](C(=O)N[C@@H](CO)C(=O)N[C@H](C(=O)N[C@@H](CO)C(=O)N[C@@H](Cc1cnc[nH]1)C(=O)N[C@@H](Cc1ccccc1)C(=O)N[C@@H](C)C(=O)N[C@@H](CCCNC(=N)N)C(=O)O)[C@@H](C)O)[C@@H](C)O. The first-order valence-electron chi connectivity index (χ1n) is 40.3. The molecule has 43 nitrogen and oxygen atoms in total. The van der Waals surface area contributed by atoms with Crippen molar-refractivity contribution in [3.63, 3.8) is 0 Å². The number of nitrogens with two attached hydrogens (primary N) is 2. The molecule has 0 spiro atoms. The molecular weight excluding hydrogens is 1620 g/mol. The lowest BCUT2D eigenvalue weighted by atomic mass is 9.98. The van der Waals surface area contributed by atoms with Gasteiger partial charge < -0.3 is 132 Å². The van der Waals surface area contributed by atoms with Gasteiger partial charge in [0.1, 0.15) is 84.6 Å². The first-order chi connectivity index (χ1) is 58.6. The number of rotatable bonds is 52. The number of carboxylic acid groups (broad SMARTS) is 2. The standard InChI is InChI=1S/C81H117N21O22/c1-40(2)27-53(92-71(114)57(31-48-35-87-51-24-17-16-23-50(48)51)97-77(120)64(42(5)6)100-74(117)59(33-63(108)109)90-62(107)34-82)69(112)95-56(30-47-21-14-11-15-22-47)70(113)93-54(28-41(3)4)73(116)101-65(44(8)105)78(121)99-61(38-104)76(119)102-66(45(9)106)79(122)98-60(37-103)75(118)96-58(32-49-36-85-39-88-49)72(115)94-55(29-46-19-12-10-13-20-46)68(111)89-43(7)67(110)91-52(80(123)124)25-18-26-86-81(83)84/h10-17,19-24,35-36,39-45,52-61,64-66,87,103-106H,18,25-34,37-38,82H2,1-9H3,(H,85,88)(H,89,111)(H,90,107)(H,91,110)(H,92,114)(H,93,113)(H,94,115)(H,95,112)(H,96,118)(H,97,120)(H,98,122)(H,99,121)(H,100,117)(H,101,116)(H,102,119)(H,108,109)(H,123,124)(H4,83,84,86)/t43-,44+,45+,52-,53-,54-,55-,56-,57-,58-,59-,60-,61-,64-,65-,66-/m0/s1. The van der Waals surface area contributed by atoms with Crippen molar-refractivity contribution < 1.29 is 107 Å². The minimum Gasteiger partial charge on any atom is -0.481 e. The number of aromatic nitrogens is 3. The fraction of sp³-hybridized carbons (Fsp3) is 0.506. The van der Waals surface area contributed by atoms with Gasteiger partial charge in [0.2, 0.25) is 82.7 Å². The summed E-state index contributed by atoms with van der Waals surface area (Å²) in [4.78, 5) is 231. The highest BCUT2D eigenvalue weighted by Crippen LogP contribution is 2.21. The second kappa shape index (κ2) is 50.4. The Morgan fingerprint density at radius 2 is 0.831 bits per heavy atom. The highest BCUT2D eigenvalue weighted by Gasteiger charge is 2.41. The molecule has 28 N–H and O–H groups in total. The van der Waals surface area contributed by atoms with Gasteiger partial charge in [-0.25, -0.2) is 9.78 Å². The molecule has 0 fully saturated rings. The molecular formula is C81H117N21O22. The summed E-state index contributed by atoms with van der Waals surface area (Å²) in [5.74, 6) is -19.5. The van der Waals surface area contributed by atoms with Crippen molar-refractivity contribution in [1.29, 1.82) is 5.41 Å². The molecule has 2 heterocycles. The van der Waals surface area contributed by atoms with Crippen LogP contribution in [0.5, 0.6) is 0 Å². The molecule has 5 rings (SSSR count). The molecule has 0 bridgehead atoms. The quantitative estimate of drug-likeness (QED) is 0.00980. The van der Waals surface area contributed by atoms with Crippen LogP contribution in [0.2, 0.25) is 0 Å². The number of para-hydroxylation sites is 1. The van der Waals surface area contributed by atoms with E-state index in [0.717, 1.165) is 13.8 Å². The molecule has 5 aromatic rings. The average Bonchev–Trinajstić information content (AvgIpc) is 1.64. The zero-order valence-corrected chi connectivity index (χ0v) is 70.3. The highest BCUT2D eigenvalue weighted by molar-refractivity contribution is 6.01. The Morgan fingerprint density at radius 3 is 1.27 bits per heavy atom. The number of benzene rings is 3. The Bertz CT molecular complexity index is 4450. The molecule has 124 heavy (non-hydrogen) atoms. The lowest BCUT2D eigenvalue weighted by Crippen LogP contribution is -2.64. The number of carbonyl (C=O) groups is 16. The van der Waals surface area contributed by atoms with Gasteiger partial charge in [-0.15, -0.1) is 0 Å². The number of hydrogen-bond donors (Lipinski definition) is 26. The number of amides is 14. The fourth-order valence-electron chi connectivity index (χ4n) is 12.8. The van der Waals surface area contributed by atoms with Crippen LogP contribution < -0.4 is 91.2 Å². The highest BCUT2D eigenvalue weighted by atomic mass is 16.4. The van der Waals surface area contributed by atoms with E-state index in [-0.39, 0.29) is 75.5 Å². The van der Waals surface area contributed by atoms with Crippen LogP contribution in [-0.2, 0) is 102 Å². The van der Waals surface area contributed by atoms with E-state index in [1.165, 1.54) is 19.4 Å². The number of aliphatic hydroxyl groups excluding tert-OH is 4. The van der Waals surface area contributed by atoms with Gasteiger partial charge in [0, 0.05) is 61.2 Å². The number of nitrogens with one attached hydrogen (secondary N) is 18. The minimum absolute atomic E-state index is 0.0650. The van der Waals surface area contributed by atoms with E-state index in [0.29, 0.717) is 27.6 Å². The number of carboxylic acids is 2. The van der Waals surface area contributed by atoms with Crippen LogP contribution in [0.1, 0.15) is 117 Å². The number of aromatic amines is 2. The number of aliphatic hydroxyl groups is 4. The van der Waals surface area contributed by atoms with Gasteiger partial charge in [-0.2, -0.15) is 0 Å². The molecule has 0 saturated heterocycles. The van der Waals surface area contributed by atoms with E-state index < -0.39 is 229 Å². The van der Waals surface area contributed by atoms with Crippen LogP contribution in [0.25, 0.3) is 10.9 Å². The van der Waals surface area contributed by atoms with Crippen LogP contribution in [-0.4, -0.2) is 269 Å². The molecule has 2 aromatic heterocycles. The fourth-order valence-corrected chi connectivity index (χ4v) is 12.8. The number of hydrogen-bond acceptors (Lipinski definition) is 23. The minimum atomic E-state index is -2.06. The first-order valence-corrected chi connectivity index (χ1v) is 40.3. The van der Waals surface area contributed by atoms with E-state index in [9.17, 15) is 107 Å². The van der Waals surface area contributed by atoms with Gasteiger partial charge in [0.15, 0.2) is 5.96 Å². The van der Waals surface area contributed by atoms with Crippen molar-refractivity contribution in [3.8, 4) is 0 Å². The normalized spacial score (nSPS) is 15.1. The number of imidazole rings is 1. The molecule has 14 amide bonds. The Balaban J connectivity index is 1.32. The summed E-state index contributed by atoms with van der Waals surface area (Å²) in [6.07, 6.45) is -1.51. The number of guanidine groups is 1. The summed E-state index contributed by atoms with van der Waals surface area (Å²) in [6, 6.07) is 0.429. The second-order valence-corrected chi connectivity index (χ2v) is 31.1. The lowest BCUT2D eigenvalue weighted by molar-refractivity contribution is -0.142. The predicted molar refractivity (Wildman–Crippen MR) is 447 cm³/mol. The summed E-state index contributed by atoms with van der Waals surface area (Å²) in [7, 11) is 0. The zero-order valence-electron chi connectivity index (χ0n) is 70.3. The third-order valence-electron chi connectivity index (χ3n) is 19.4. The summed E-state index contributed by atoms with van der Waals surface area (Å²) < 4.78 is 0. The third kappa shape index (κ3) is 33.4. The number of carbonyl (C=O) groups excluding carboxylic acids is 14. The third-order valence-corrected chi connectivity index (χ3v) is 19.4. The van der Waals surface area contributed by atoms with Gasteiger partial charge in [-0.1, -0.05) is 120 Å². The van der Waals surface area contributed by atoms with E-state index in [1.807, 2.05) is 0 Å². The Morgan fingerprint density at radius 1 is 0.435 bits per heavy atom. The second-order valence-electron chi connectivity index (χ2n) is 31.1. The summed E-state index contributed by atoms with van der Waals surface area (Å²) in [5, 5.41) is 107. The maximum atomic E-state index is 14.9. The molecule has 3 aromatic carbocycles. The van der Waals surface area contributed by atoms with Crippen molar-refractivity contribution in [2.24, 2.45) is 29.2 Å². The van der Waals surface area contributed by atoms with Gasteiger partial charge in [-0.3, -0.25) is 77.3 Å². The molecule has 43 heteroatoms. The number of fused-ring (bicyclic) bond motifs is 1. The van der Waals surface area contributed by atoms with Crippen LogP contribution in [0, 0.1) is 23.2 Å². The van der Waals surface area contributed by atoms with Gasteiger partial charge in [-0.05, 0) is 87.0 Å². The summed E-state index contributed by atoms with van der Waals surface area (Å²) in [5.41, 5.74) is 13.2. The van der Waals surface area contributed by atoms with Crippen molar-refractivity contribution in [2.45, 2.75) is 217 Å². The average molecular weight is 1740 g/mol. The van der Waals surface area contributed by atoms with Crippen molar-refractivity contribution >= 4 is 112 Å². The number of H-pyrrole nitrogens is 2. The molecule has 0 aliphatic heterocycles.